The van der Waals surface area contributed by atoms with Crippen molar-refractivity contribution in [3.63, 3.8) is 0 Å². The van der Waals surface area contributed by atoms with E-state index in [4.69, 9.17) is 10.2 Å². The third-order valence-corrected chi connectivity index (χ3v) is 4.23. The Bertz CT molecular complexity index is 189. The van der Waals surface area contributed by atoms with E-state index in [0.717, 1.165) is 0 Å². The third-order valence-electron chi connectivity index (χ3n) is 1.60. The molecule has 13 heavy (non-hydrogen) atoms. The van der Waals surface area contributed by atoms with Gasteiger partial charge in [0.25, 0.3) is 0 Å². The molecule has 0 aliphatic heterocycles. The number of rotatable bonds is 5. The van der Waals surface area contributed by atoms with Gasteiger partial charge in [0.15, 0.2) is 0 Å². The van der Waals surface area contributed by atoms with Gasteiger partial charge in [-0.3, -0.25) is 0 Å². The van der Waals surface area contributed by atoms with Crippen LogP contribution in [0.5, 0.6) is 0 Å². The summed E-state index contributed by atoms with van der Waals surface area (Å²) < 4.78 is 11.3. The molecule has 0 radical (unpaired) electrons. The fraction of sp³-hybridized carbons (Fsp3) is 1.00. The molecule has 4 N–H and O–H groups in total. The standard InChI is InChI=1S/C7H17AsO5/c1-8(2,13)3-5(10)7(12)6(11)4-9/h5-7,9-12H,3-4H2,1-2H3. The van der Waals surface area contributed by atoms with Crippen molar-refractivity contribution in [2.24, 2.45) is 0 Å². The van der Waals surface area contributed by atoms with Crippen LogP contribution in [0.4, 0.5) is 0 Å². The summed E-state index contributed by atoms with van der Waals surface area (Å²) in [6, 6.07) is 0. The first-order valence-corrected chi connectivity index (χ1v) is 9.81. The second-order valence-electron chi connectivity index (χ2n) is 3.56. The van der Waals surface area contributed by atoms with Crippen LogP contribution in [-0.2, 0) is 3.74 Å². The Hall–Kier alpha value is 0.198. The fourth-order valence-electron chi connectivity index (χ4n) is 0.923. The van der Waals surface area contributed by atoms with E-state index in [-0.39, 0.29) is 5.21 Å². The third kappa shape index (κ3) is 5.49. The molecule has 3 atom stereocenters. The summed E-state index contributed by atoms with van der Waals surface area (Å²) in [5.41, 5.74) is 3.08. The summed E-state index contributed by atoms with van der Waals surface area (Å²) in [4.78, 5) is 0. The van der Waals surface area contributed by atoms with Crippen LogP contribution < -0.4 is 0 Å². The van der Waals surface area contributed by atoms with Gasteiger partial charge in [-0.05, 0) is 0 Å². The first-order valence-electron chi connectivity index (χ1n) is 3.97. The van der Waals surface area contributed by atoms with Crippen molar-refractivity contribution in [3.8, 4) is 0 Å². The number of hydrogen-bond donors (Lipinski definition) is 4. The molecular weight excluding hydrogens is 239 g/mol. The summed E-state index contributed by atoms with van der Waals surface area (Å²) in [6.45, 7) is -0.622. The maximum atomic E-state index is 11.3. The van der Waals surface area contributed by atoms with Gasteiger partial charge in [-0.15, -0.1) is 0 Å². The molecule has 0 amide bonds. The first kappa shape index (κ1) is 13.2. The van der Waals surface area contributed by atoms with Crippen LogP contribution in [0, 0.1) is 0 Å². The molecular formula is C7H17AsO5. The molecule has 0 fully saturated rings. The summed E-state index contributed by atoms with van der Waals surface area (Å²) in [5.74, 6) is 0. The van der Waals surface area contributed by atoms with Crippen LogP contribution in [0.3, 0.4) is 0 Å². The maximum absolute atomic E-state index is 11.3. The molecule has 0 rings (SSSR count). The van der Waals surface area contributed by atoms with Crippen molar-refractivity contribution in [1.82, 2.24) is 0 Å². The zero-order valence-electron chi connectivity index (χ0n) is 7.79. The average molecular weight is 256 g/mol. The summed E-state index contributed by atoms with van der Waals surface area (Å²) in [6.07, 6.45) is -4.04. The zero-order valence-corrected chi connectivity index (χ0v) is 9.67. The molecule has 0 aromatic carbocycles. The molecule has 6 heteroatoms. The summed E-state index contributed by atoms with van der Waals surface area (Å²) in [5, 5.41) is 35.9. The topological polar surface area (TPSA) is 98.0 Å². The van der Waals surface area contributed by atoms with Crippen LogP contribution in [-0.4, -0.2) is 58.8 Å². The number of aliphatic hydroxyl groups excluding tert-OH is 4. The van der Waals surface area contributed by atoms with Crippen molar-refractivity contribution in [2.75, 3.05) is 6.61 Å². The van der Waals surface area contributed by atoms with Crippen molar-refractivity contribution in [3.05, 3.63) is 0 Å². The fourth-order valence-corrected chi connectivity index (χ4v) is 3.27. The minimum atomic E-state index is -3.01. The molecule has 5 nitrogen and oxygen atoms in total. The quantitative estimate of drug-likeness (QED) is 0.458. The zero-order chi connectivity index (χ0) is 10.6. The van der Waals surface area contributed by atoms with Crippen LogP contribution in [0.1, 0.15) is 0 Å². The van der Waals surface area contributed by atoms with Crippen molar-refractivity contribution >= 4 is 13.5 Å². The van der Waals surface area contributed by atoms with E-state index < -0.39 is 38.4 Å². The van der Waals surface area contributed by atoms with E-state index in [1.165, 1.54) is 0 Å². The Morgan fingerprint density at radius 2 is 1.62 bits per heavy atom. The molecule has 0 aromatic heterocycles. The minimum absolute atomic E-state index is 0.00350. The second-order valence-corrected chi connectivity index (χ2v) is 10.9. The Balaban J connectivity index is 4.11. The molecule has 0 aliphatic carbocycles. The monoisotopic (exact) mass is 256 g/mol. The van der Waals surface area contributed by atoms with Crippen LogP contribution in [0.15, 0.2) is 0 Å². The number of hydrogen-bond acceptors (Lipinski definition) is 5. The molecule has 0 spiro atoms. The normalized spacial score (nSPS) is 19.5. The van der Waals surface area contributed by atoms with Crippen molar-refractivity contribution < 1.29 is 24.2 Å². The van der Waals surface area contributed by atoms with Gasteiger partial charge in [-0.25, -0.2) is 0 Å². The van der Waals surface area contributed by atoms with E-state index in [2.05, 4.69) is 0 Å². The molecule has 0 bridgehead atoms. The van der Waals surface area contributed by atoms with Gasteiger partial charge in [-0.1, -0.05) is 0 Å². The van der Waals surface area contributed by atoms with Gasteiger partial charge >= 0.3 is 79.2 Å². The Labute approximate surface area is 79.7 Å². The van der Waals surface area contributed by atoms with Gasteiger partial charge in [0.1, 0.15) is 0 Å². The summed E-state index contributed by atoms with van der Waals surface area (Å²) in [7, 11) is 0. The molecule has 0 saturated carbocycles. The SMILES string of the molecule is C[As](C)(=O)CC(O)C(O)C(O)CO. The van der Waals surface area contributed by atoms with E-state index in [0.29, 0.717) is 0 Å². The Morgan fingerprint density at radius 3 is 1.92 bits per heavy atom. The second kappa shape index (κ2) is 5.17. The molecule has 0 aromatic rings. The van der Waals surface area contributed by atoms with Crippen molar-refractivity contribution in [1.29, 1.82) is 0 Å². The van der Waals surface area contributed by atoms with Gasteiger partial charge in [0.2, 0.25) is 0 Å². The van der Waals surface area contributed by atoms with E-state index in [1.807, 2.05) is 0 Å². The van der Waals surface area contributed by atoms with Gasteiger partial charge in [-0.2, -0.15) is 0 Å². The molecule has 0 heterocycles. The van der Waals surface area contributed by atoms with Crippen molar-refractivity contribution in [2.45, 2.75) is 34.9 Å². The molecule has 0 aliphatic rings. The van der Waals surface area contributed by atoms with Crippen LogP contribution >= 0.6 is 0 Å². The molecule has 0 saturated heterocycles. The molecule has 80 valence electrons. The average Bonchev–Trinajstić information content (AvgIpc) is 1.98. The van der Waals surface area contributed by atoms with Crippen LogP contribution in [0.2, 0.25) is 16.6 Å². The Kier molecular flexibility index (Phi) is 5.25. The Morgan fingerprint density at radius 1 is 1.15 bits per heavy atom. The molecule has 3 unspecified atom stereocenters. The first-order chi connectivity index (χ1) is 5.78. The van der Waals surface area contributed by atoms with Gasteiger partial charge in [0.05, 0.1) is 0 Å². The number of aliphatic hydroxyl groups is 4. The predicted molar refractivity (Wildman–Crippen MR) is 48.1 cm³/mol. The van der Waals surface area contributed by atoms with E-state index >= 15 is 0 Å². The predicted octanol–water partition coefficient (Wildman–Crippen LogP) is -1.30. The van der Waals surface area contributed by atoms with Crippen LogP contribution in [0.25, 0.3) is 0 Å². The van der Waals surface area contributed by atoms with Gasteiger partial charge < -0.3 is 0 Å². The summed E-state index contributed by atoms with van der Waals surface area (Å²) >= 11 is -3.01. The van der Waals surface area contributed by atoms with E-state index in [9.17, 15) is 14.0 Å². The van der Waals surface area contributed by atoms with E-state index in [1.54, 1.807) is 11.4 Å². The van der Waals surface area contributed by atoms with Gasteiger partial charge in [0, 0.05) is 0 Å².